The van der Waals surface area contributed by atoms with E-state index in [1.807, 2.05) is 48.8 Å². The quantitative estimate of drug-likeness (QED) is 0.285. The maximum atomic E-state index is 12.7. The summed E-state index contributed by atoms with van der Waals surface area (Å²) in [5, 5.41) is 7.86. The average Bonchev–Trinajstić information content (AvgIpc) is 3.29. The van der Waals surface area contributed by atoms with Gasteiger partial charge in [0.25, 0.3) is 11.8 Å². The standard InChI is InChI=1S/C22H23N5O3S/c1-22(20(29)25-21(30)26-22)13-31-18-10-5-2-7-15(18)19(28)23-11-6-12-27-14-24-16-8-3-4-9-17(16)27/h2-5,7-10,14H,6,11-13H2,1H3,(H,23,28)(H2,25,26,29,30). The van der Waals surface area contributed by atoms with Crippen LogP contribution in [0.2, 0.25) is 0 Å². The summed E-state index contributed by atoms with van der Waals surface area (Å²) in [6.07, 6.45) is 2.59. The van der Waals surface area contributed by atoms with Gasteiger partial charge in [0.1, 0.15) is 5.54 Å². The van der Waals surface area contributed by atoms with Gasteiger partial charge in [0.05, 0.1) is 22.9 Å². The van der Waals surface area contributed by atoms with Crippen LogP contribution in [-0.4, -0.2) is 45.2 Å². The highest BCUT2D eigenvalue weighted by Gasteiger charge is 2.41. The first-order valence-corrected chi connectivity index (χ1v) is 11.0. The van der Waals surface area contributed by atoms with Gasteiger partial charge in [0.2, 0.25) is 0 Å². The average molecular weight is 438 g/mol. The van der Waals surface area contributed by atoms with Crippen molar-refractivity contribution in [3.63, 3.8) is 0 Å². The number of benzene rings is 2. The molecule has 0 spiro atoms. The fourth-order valence-electron chi connectivity index (χ4n) is 3.42. The number of fused-ring (bicyclic) bond motifs is 1. The van der Waals surface area contributed by atoms with Gasteiger partial charge in [-0.1, -0.05) is 24.3 Å². The van der Waals surface area contributed by atoms with E-state index >= 15 is 0 Å². The van der Waals surface area contributed by atoms with Crippen molar-refractivity contribution in [2.24, 2.45) is 0 Å². The number of aromatic nitrogens is 2. The number of rotatable bonds is 8. The second-order valence-electron chi connectivity index (χ2n) is 7.56. The first kappa shape index (κ1) is 20.9. The Kier molecular flexibility index (Phi) is 5.94. The molecule has 1 saturated heterocycles. The van der Waals surface area contributed by atoms with E-state index in [1.165, 1.54) is 11.8 Å². The number of nitrogens with one attached hydrogen (secondary N) is 3. The van der Waals surface area contributed by atoms with Crippen LogP contribution in [0.25, 0.3) is 11.0 Å². The molecule has 2 heterocycles. The molecule has 1 unspecified atom stereocenters. The third-order valence-electron chi connectivity index (χ3n) is 5.15. The van der Waals surface area contributed by atoms with E-state index in [-0.39, 0.29) is 11.8 Å². The number of nitrogens with zero attached hydrogens (tertiary/aromatic N) is 2. The van der Waals surface area contributed by atoms with Gasteiger partial charge in [-0.2, -0.15) is 0 Å². The van der Waals surface area contributed by atoms with E-state index < -0.39 is 11.6 Å². The highest BCUT2D eigenvalue weighted by Crippen LogP contribution is 2.27. The molecule has 1 atom stereocenters. The van der Waals surface area contributed by atoms with Gasteiger partial charge >= 0.3 is 6.03 Å². The second-order valence-corrected chi connectivity index (χ2v) is 8.58. The van der Waals surface area contributed by atoms with E-state index in [0.29, 0.717) is 17.9 Å². The van der Waals surface area contributed by atoms with Crippen LogP contribution in [0.4, 0.5) is 4.79 Å². The molecular weight excluding hydrogens is 414 g/mol. The molecule has 1 aromatic heterocycles. The summed E-state index contributed by atoms with van der Waals surface area (Å²) in [5.41, 5.74) is 1.58. The van der Waals surface area contributed by atoms with E-state index in [9.17, 15) is 14.4 Å². The number of imidazole rings is 1. The molecular formula is C22H23N5O3S. The van der Waals surface area contributed by atoms with Crippen molar-refractivity contribution in [2.45, 2.75) is 30.3 Å². The molecule has 8 nitrogen and oxygen atoms in total. The largest absolute Gasteiger partial charge is 0.352 e. The summed E-state index contributed by atoms with van der Waals surface area (Å²) >= 11 is 1.37. The molecule has 3 N–H and O–H groups in total. The van der Waals surface area contributed by atoms with Gasteiger partial charge in [-0.05, 0) is 37.6 Å². The number of carbonyl (C=O) groups excluding carboxylic acids is 3. The number of amides is 4. The molecule has 0 aliphatic carbocycles. The fraction of sp³-hybridized carbons (Fsp3) is 0.273. The number of hydrogen-bond acceptors (Lipinski definition) is 5. The van der Waals surface area contributed by atoms with E-state index in [2.05, 4.69) is 25.5 Å². The van der Waals surface area contributed by atoms with Crippen molar-refractivity contribution < 1.29 is 14.4 Å². The molecule has 3 aromatic rings. The van der Waals surface area contributed by atoms with Crippen molar-refractivity contribution >= 4 is 40.6 Å². The van der Waals surface area contributed by atoms with Crippen LogP contribution in [0.3, 0.4) is 0 Å². The van der Waals surface area contributed by atoms with Gasteiger partial charge in [0.15, 0.2) is 0 Å². The molecule has 160 valence electrons. The summed E-state index contributed by atoms with van der Waals surface area (Å²) in [6, 6.07) is 14.7. The predicted octanol–water partition coefficient (Wildman–Crippen LogP) is 2.55. The van der Waals surface area contributed by atoms with Crippen LogP contribution in [0.15, 0.2) is 59.8 Å². The maximum Gasteiger partial charge on any atom is 0.322 e. The van der Waals surface area contributed by atoms with Gasteiger partial charge in [-0.15, -0.1) is 11.8 Å². The number of aryl methyl sites for hydroxylation is 1. The zero-order chi connectivity index (χ0) is 21.8. The molecule has 1 aliphatic rings. The highest BCUT2D eigenvalue weighted by molar-refractivity contribution is 7.99. The topological polar surface area (TPSA) is 105 Å². The zero-order valence-electron chi connectivity index (χ0n) is 17.1. The van der Waals surface area contributed by atoms with Crippen molar-refractivity contribution in [2.75, 3.05) is 12.3 Å². The molecule has 0 saturated carbocycles. The Bertz CT molecular complexity index is 1140. The molecule has 9 heteroatoms. The SMILES string of the molecule is CC1(CSc2ccccc2C(=O)NCCCn2cnc3ccccc32)NC(=O)NC1=O. The summed E-state index contributed by atoms with van der Waals surface area (Å²) in [7, 11) is 0. The lowest BCUT2D eigenvalue weighted by atomic mass is 10.1. The van der Waals surface area contributed by atoms with Crippen LogP contribution in [-0.2, 0) is 11.3 Å². The molecule has 1 aliphatic heterocycles. The van der Waals surface area contributed by atoms with Crippen molar-refractivity contribution in [3.05, 3.63) is 60.4 Å². The van der Waals surface area contributed by atoms with Crippen LogP contribution in [0.1, 0.15) is 23.7 Å². The van der Waals surface area contributed by atoms with E-state index in [1.54, 1.807) is 13.0 Å². The lowest BCUT2D eigenvalue weighted by molar-refractivity contribution is -0.122. The third-order valence-corrected chi connectivity index (χ3v) is 6.54. The highest BCUT2D eigenvalue weighted by atomic mass is 32.2. The minimum Gasteiger partial charge on any atom is -0.352 e. The van der Waals surface area contributed by atoms with Crippen LogP contribution in [0, 0.1) is 0 Å². The monoisotopic (exact) mass is 437 g/mol. The number of hydrogen-bond donors (Lipinski definition) is 3. The lowest BCUT2D eigenvalue weighted by Gasteiger charge is -2.20. The lowest BCUT2D eigenvalue weighted by Crippen LogP contribution is -2.46. The summed E-state index contributed by atoms with van der Waals surface area (Å²) < 4.78 is 2.08. The van der Waals surface area contributed by atoms with Gasteiger partial charge in [-0.25, -0.2) is 9.78 Å². The number of para-hydroxylation sites is 2. The Hall–Kier alpha value is -3.33. The first-order chi connectivity index (χ1) is 15.0. The fourth-order valence-corrected chi connectivity index (χ4v) is 4.56. The van der Waals surface area contributed by atoms with Crippen LogP contribution in [0.5, 0.6) is 0 Å². The van der Waals surface area contributed by atoms with E-state index in [4.69, 9.17) is 0 Å². The van der Waals surface area contributed by atoms with Crippen LogP contribution < -0.4 is 16.0 Å². The number of imide groups is 1. The third kappa shape index (κ3) is 4.56. The molecule has 4 amide bonds. The van der Waals surface area contributed by atoms with Gasteiger partial charge in [-0.3, -0.25) is 14.9 Å². The maximum absolute atomic E-state index is 12.7. The first-order valence-electron chi connectivity index (χ1n) is 10.00. The number of urea groups is 1. The zero-order valence-corrected chi connectivity index (χ0v) is 17.9. The number of thioether (sulfide) groups is 1. The Morgan fingerprint density at radius 2 is 1.94 bits per heavy atom. The molecule has 0 radical (unpaired) electrons. The summed E-state index contributed by atoms with van der Waals surface area (Å²) in [5.74, 6) is -0.203. The molecule has 4 rings (SSSR count). The van der Waals surface area contributed by atoms with Crippen molar-refractivity contribution in [3.8, 4) is 0 Å². The molecule has 2 aromatic carbocycles. The second kappa shape index (κ2) is 8.81. The summed E-state index contributed by atoms with van der Waals surface area (Å²) in [4.78, 5) is 41.3. The van der Waals surface area contributed by atoms with Gasteiger partial charge < -0.3 is 15.2 Å². The van der Waals surface area contributed by atoms with Crippen LogP contribution >= 0.6 is 11.8 Å². The minimum atomic E-state index is -1.00. The Morgan fingerprint density at radius 3 is 2.74 bits per heavy atom. The van der Waals surface area contributed by atoms with Gasteiger partial charge in [0, 0.05) is 23.7 Å². The Balaban J connectivity index is 1.32. The normalized spacial score (nSPS) is 18.1. The van der Waals surface area contributed by atoms with E-state index in [0.717, 1.165) is 28.9 Å². The smallest absolute Gasteiger partial charge is 0.322 e. The minimum absolute atomic E-state index is 0.163. The Labute approximate surface area is 183 Å². The molecule has 1 fully saturated rings. The Morgan fingerprint density at radius 1 is 1.16 bits per heavy atom. The predicted molar refractivity (Wildman–Crippen MR) is 119 cm³/mol. The summed E-state index contributed by atoms with van der Waals surface area (Å²) in [6.45, 7) is 2.95. The van der Waals surface area contributed by atoms with Crippen molar-refractivity contribution in [1.29, 1.82) is 0 Å². The molecule has 31 heavy (non-hydrogen) atoms. The van der Waals surface area contributed by atoms with Crippen molar-refractivity contribution in [1.82, 2.24) is 25.5 Å². The molecule has 0 bridgehead atoms. The number of carbonyl (C=O) groups is 3.